The molecule has 4 rings (SSSR count). The maximum Gasteiger partial charge on any atom is 0.336 e. The van der Waals surface area contributed by atoms with Crippen LogP contribution < -0.4 is 29.7 Å². The van der Waals surface area contributed by atoms with Crippen LogP contribution in [0.2, 0.25) is 0 Å². The molecule has 194 valence electrons. The second-order valence-electron chi connectivity index (χ2n) is 7.71. The molecular weight excluding hydrogens is 522 g/mol. The maximum absolute atomic E-state index is 12.4. The number of carbonyl (C=O) groups is 2. The van der Waals surface area contributed by atoms with E-state index in [0.29, 0.717) is 43.8 Å². The molecule has 1 amide bonds. The molecule has 11 nitrogen and oxygen atoms in total. The van der Waals surface area contributed by atoms with Crippen molar-refractivity contribution in [3.8, 4) is 23.0 Å². The van der Waals surface area contributed by atoms with Crippen LogP contribution in [0.3, 0.4) is 0 Å². The first-order chi connectivity index (χ1) is 17.9. The number of rotatable bonds is 11. The number of nitrogens with one attached hydrogen (secondary N) is 1. The van der Waals surface area contributed by atoms with Gasteiger partial charge in [-0.1, -0.05) is 23.1 Å². The number of thioether (sulfide) groups is 1. The Morgan fingerprint density at radius 2 is 1.84 bits per heavy atom. The van der Waals surface area contributed by atoms with Gasteiger partial charge in [-0.15, -0.1) is 10.2 Å². The van der Waals surface area contributed by atoms with Gasteiger partial charge in [0, 0.05) is 18.1 Å². The van der Waals surface area contributed by atoms with Crippen molar-refractivity contribution in [2.24, 2.45) is 5.92 Å². The molecular formula is C24H23N3O8S2. The SMILES string of the molecule is COc1cc(/C=C/C(=O)Oc2coc(CSc3nnc(NC(=O)C4CC4)s3)cc2=O)cc(OC)c1OC. The number of hydrogen-bond acceptors (Lipinski definition) is 12. The monoisotopic (exact) mass is 545 g/mol. The van der Waals surface area contributed by atoms with Crippen molar-refractivity contribution in [2.75, 3.05) is 26.6 Å². The fourth-order valence-corrected chi connectivity index (χ4v) is 4.74. The van der Waals surface area contributed by atoms with Crippen LogP contribution in [0.1, 0.15) is 24.2 Å². The molecule has 1 saturated carbocycles. The lowest BCUT2D eigenvalue weighted by molar-refractivity contribution is -0.129. The summed E-state index contributed by atoms with van der Waals surface area (Å²) in [5.74, 6) is 0.971. The average Bonchev–Trinajstić information content (AvgIpc) is 3.67. The fourth-order valence-electron chi connectivity index (χ4n) is 3.10. The normalized spacial score (nSPS) is 12.8. The predicted molar refractivity (Wildman–Crippen MR) is 137 cm³/mol. The van der Waals surface area contributed by atoms with Gasteiger partial charge in [-0.25, -0.2) is 4.79 Å². The van der Waals surface area contributed by atoms with Crippen LogP contribution in [-0.2, 0) is 15.3 Å². The molecule has 0 radical (unpaired) electrons. The first kappa shape index (κ1) is 26.2. The first-order valence-electron chi connectivity index (χ1n) is 11.0. The van der Waals surface area contributed by atoms with E-state index in [0.717, 1.165) is 19.1 Å². The molecule has 37 heavy (non-hydrogen) atoms. The molecule has 2 heterocycles. The van der Waals surface area contributed by atoms with Crippen LogP contribution >= 0.6 is 23.1 Å². The van der Waals surface area contributed by atoms with Gasteiger partial charge in [-0.3, -0.25) is 9.59 Å². The first-order valence-corrected chi connectivity index (χ1v) is 12.8. The lowest BCUT2D eigenvalue weighted by atomic mass is 10.1. The number of methoxy groups -OCH3 is 3. The lowest BCUT2D eigenvalue weighted by Crippen LogP contribution is -2.12. The van der Waals surface area contributed by atoms with Crippen LogP contribution in [-0.4, -0.2) is 43.4 Å². The molecule has 0 unspecified atom stereocenters. The molecule has 1 aliphatic carbocycles. The Labute approximate surface area is 219 Å². The van der Waals surface area contributed by atoms with Gasteiger partial charge in [0.25, 0.3) is 0 Å². The summed E-state index contributed by atoms with van der Waals surface area (Å²) in [6, 6.07) is 4.57. The third-order valence-electron chi connectivity index (χ3n) is 5.08. The van der Waals surface area contributed by atoms with Gasteiger partial charge in [0.2, 0.25) is 28.0 Å². The Morgan fingerprint density at radius 1 is 1.11 bits per heavy atom. The molecule has 1 aromatic carbocycles. The predicted octanol–water partition coefficient (Wildman–Crippen LogP) is 3.78. The van der Waals surface area contributed by atoms with Crippen molar-refractivity contribution >= 4 is 46.2 Å². The standard InChI is InChI=1S/C24H23N3O8S2/c1-31-17-8-13(9-18(32-2)21(17)33-3)4-7-20(29)35-19-11-34-15(10-16(19)28)12-36-24-27-26-23(37-24)25-22(30)14-5-6-14/h4,7-11,14H,5-6,12H2,1-3H3,(H,25,26,30)/b7-4+. The number of nitrogens with zero attached hydrogens (tertiary/aromatic N) is 2. The summed E-state index contributed by atoms with van der Waals surface area (Å²) >= 11 is 2.54. The van der Waals surface area contributed by atoms with Crippen molar-refractivity contribution < 1.29 is 33.0 Å². The average molecular weight is 546 g/mol. The van der Waals surface area contributed by atoms with Gasteiger partial charge in [0.1, 0.15) is 12.0 Å². The molecule has 1 N–H and O–H groups in total. The number of hydrogen-bond donors (Lipinski definition) is 1. The van der Waals surface area contributed by atoms with Crippen molar-refractivity contribution in [3.05, 3.63) is 52.1 Å². The third kappa shape index (κ3) is 6.89. The van der Waals surface area contributed by atoms with Crippen molar-refractivity contribution in [1.29, 1.82) is 0 Å². The van der Waals surface area contributed by atoms with Crippen molar-refractivity contribution in [2.45, 2.75) is 22.9 Å². The topological polar surface area (TPSA) is 139 Å². The Bertz CT molecular complexity index is 1360. The van der Waals surface area contributed by atoms with E-state index in [1.54, 1.807) is 12.1 Å². The molecule has 1 aliphatic rings. The summed E-state index contributed by atoms with van der Waals surface area (Å²) in [5, 5.41) is 11.1. The minimum absolute atomic E-state index is 0.0397. The lowest BCUT2D eigenvalue weighted by Gasteiger charge is -2.12. The van der Waals surface area contributed by atoms with Gasteiger partial charge < -0.3 is 28.7 Å². The highest BCUT2D eigenvalue weighted by Crippen LogP contribution is 2.38. The summed E-state index contributed by atoms with van der Waals surface area (Å²) in [7, 11) is 4.47. The summed E-state index contributed by atoms with van der Waals surface area (Å²) in [6.45, 7) is 0. The second-order valence-corrected chi connectivity index (χ2v) is 9.91. The van der Waals surface area contributed by atoms with E-state index >= 15 is 0 Å². The number of anilines is 1. The summed E-state index contributed by atoms with van der Waals surface area (Å²) in [5.41, 5.74) is 0.0869. The smallest absolute Gasteiger partial charge is 0.336 e. The molecule has 0 atom stereocenters. The fraction of sp³-hybridized carbons (Fsp3) is 0.292. The van der Waals surface area contributed by atoms with Gasteiger partial charge in [0.15, 0.2) is 15.8 Å². The molecule has 0 bridgehead atoms. The van der Waals surface area contributed by atoms with E-state index in [9.17, 15) is 14.4 Å². The van der Waals surface area contributed by atoms with E-state index in [-0.39, 0.29) is 17.6 Å². The minimum atomic E-state index is -0.766. The number of esters is 1. The zero-order valence-electron chi connectivity index (χ0n) is 20.1. The summed E-state index contributed by atoms with van der Waals surface area (Å²) < 4.78 is 27.0. The van der Waals surface area contributed by atoms with Crippen molar-refractivity contribution in [3.63, 3.8) is 0 Å². The Hall–Kier alpha value is -3.84. The molecule has 0 spiro atoms. The van der Waals surface area contributed by atoms with E-state index in [2.05, 4.69) is 15.5 Å². The third-order valence-corrected chi connectivity index (χ3v) is 7.08. The zero-order valence-corrected chi connectivity index (χ0v) is 21.8. The zero-order chi connectivity index (χ0) is 26.4. The van der Waals surface area contributed by atoms with Crippen LogP contribution in [0, 0.1) is 5.92 Å². The molecule has 0 saturated heterocycles. The molecule has 13 heteroatoms. The number of aromatic nitrogens is 2. The van der Waals surface area contributed by atoms with E-state index < -0.39 is 11.4 Å². The van der Waals surface area contributed by atoms with E-state index in [1.165, 1.54) is 62.6 Å². The Morgan fingerprint density at radius 3 is 2.46 bits per heavy atom. The largest absolute Gasteiger partial charge is 0.493 e. The van der Waals surface area contributed by atoms with Crippen LogP contribution in [0.4, 0.5) is 5.13 Å². The number of carbonyl (C=O) groups excluding carboxylic acids is 2. The summed E-state index contributed by atoms with van der Waals surface area (Å²) in [4.78, 5) is 36.5. The highest BCUT2D eigenvalue weighted by atomic mass is 32.2. The van der Waals surface area contributed by atoms with Gasteiger partial charge in [-0.05, 0) is 36.6 Å². The highest BCUT2D eigenvalue weighted by Gasteiger charge is 2.30. The van der Waals surface area contributed by atoms with Gasteiger partial charge in [0.05, 0.1) is 27.1 Å². The number of benzene rings is 1. The maximum atomic E-state index is 12.4. The number of amides is 1. The minimum Gasteiger partial charge on any atom is -0.493 e. The van der Waals surface area contributed by atoms with Gasteiger partial charge in [-0.2, -0.15) is 0 Å². The van der Waals surface area contributed by atoms with Crippen molar-refractivity contribution in [1.82, 2.24) is 10.2 Å². The summed E-state index contributed by atoms with van der Waals surface area (Å²) in [6.07, 6.45) is 5.55. The molecule has 2 aromatic heterocycles. The van der Waals surface area contributed by atoms with E-state index in [1.807, 2.05) is 0 Å². The second kappa shape index (κ2) is 11.9. The van der Waals surface area contributed by atoms with Crippen LogP contribution in [0.25, 0.3) is 6.08 Å². The quantitative estimate of drug-likeness (QED) is 0.163. The molecule has 0 aliphatic heterocycles. The highest BCUT2D eigenvalue weighted by molar-refractivity contribution is 8.00. The van der Waals surface area contributed by atoms with E-state index in [4.69, 9.17) is 23.4 Å². The Kier molecular flexibility index (Phi) is 8.46. The van der Waals surface area contributed by atoms with Crippen LogP contribution in [0.15, 0.2) is 44.1 Å². The van der Waals surface area contributed by atoms with Gasteiger partial charge >= 0.3 is 5.97 Å². The number of ether oxygens (including phenoxy) is 4. The Balaban J connectivity index is 1.33. The van der Waals surface area contributed by atoms with Crippen LogP contribution in [0.5, 0.6) is 23.0 Å². The molecule has 3 aromatic rings. The molecule has 1 fully saturated rings.